The van der Waals surface area contributed by atoms with Gasteiger partial charge in [0.1, 0.15) is 11.4 Å². The number of aromatic nitrogens is 3. The highest BCUT2D eigenvalue weighted by Crippen LogP contribution is 2.33. The molecular formula is C26H23ClN4O4. The third-order valence-electron chi connectivity index (χ3n) is 5.79. The van der Waals surface area contributed by atoms with Gasteiger partial charge in [0.05, 0.1) is 31.0 Å². The molecule has 0 amide bonds. The van der Waals surface area contributed by atoms with Crippen LogP contribution in [0.1, 0.15) is 23.6 Å². The number of hydrogen-bond donors (Lipinski definition) is 0. The van der Waals surface area contributed by atoms with E-state index in [1.54, 1.807) is 31.5 Å². The molecule has 3 aromatic heterocycles. The van der Waals surface area contributed by atoms with Crippen LogP contribution in [0.5, 0.6) is 5.75 Å². The summed E-state index contributed by atoms with van der Waals surface area (Å²) < 4.78 is 14.0. The van der Waals surface area contributed by atoms with Crippen LogP contribution in [0.2, 0.25) is 5.02 Å². The Morgan fingerprint density at radius 1 is 1.17 bits per heavy atom. The van der Waals surface area contributed by atoms with Gasteiger partial charge in [-0.1, -0.05) is 17.7 Å². The molecule has 8 nitrogen and oxygen atoms in total. The topological polar surface area (TPSA) is 98.6 Å². The van der Waals surface area contributed by atoms with Crippen LogP contribution >= 0.6 is 11.6 Å². The second kappa shape index (κ2) is 10.6. The number of fused-ring (bicyclic) bond motifs is 1. The van der Waals surface area contributed by atoms with Crippen LogP contribution in [0, 0.1) is 11.3 Å². The first kappa shape index (κ1) is 24.2. The molecule has 35 heavy (non-hydrogen) atoms. The number of ketones is 1. The second-order valence-corrected chi connectivity index (χ2v) is 8.41. The van der Waals surface area contributed by atoms with Crippen molar-refractivity contribution in [2.24, 2.45) is 0 Å². The molecule has 4 aromatic rings. The van der Waals surface area contributed by atoms with Crippen LogP contribution < -0.4 is 10.3 Å². The molecule has 0 N–H and O–H groups in total. The lowest BCUT2D eigenvalue weighted by Gasteiger charge is -2.21. The van der Waals surface area contributed by atoms with Gasteiger partial charge in [-0.05, 0) is 36.2 Å². The Morgan fingerprint density at radius 2 is 2.00 bits per heavy atom. The van der Waals surface area contributed by atoms with Crippen molar-refractivity contribution < 1.29 is 14.3 Å². The molecule has 4 rings (SSSR count). The Hall–Kier alpha value is -3.93. The third kappa shape index (κ3) is 5.11. The number of Topliss-reactive ketones (excluding diaryl/α,β-unsaturated/α-hetero) is 1. The lowest BCUT2D eigenvalue weighted by atomic mass is 9.99. The number of nitrogens with zero attached hydrogens (tertiary/aromatic N) is 4. The van der Waals surface area contributed by atoms with Crippen LogP contribution in [-0.2, 0) is 16.0 Å². The summed E-state index contributed by atoms with van der Waals surface area (Å²) in [5, 5.41) is 9.95. The monoisotopic (exact) mass is 490 g/mol. The van der Waals surface area contributed by atoms with Gasteiger partial charge in [0.15, 0.2) is 5.78 Å². The van der Waals surface area contributed by atoms with E-state index in [2.05, 4.69) is 11.1 Å². The molecule has 0 aliphatic rings. The quantitative estimate of drug-likeness (QED) is 0.350. The van der Waals surface area contributed by atoms with Crippen molar-refractivity contribution in [3.8, 4) is 22.9 Å². The Balaban J connectivity index is 1.74. The number of rotatable bonds is 9. The number of hydrogen-bond acceptors (Lipinski definition) is 6. The molecule has 9 heteroatoms. The van der Waals surface area contributed by atoms with Crippen molar-refractivity contribution in [3.63, 3.8) is 0 Å². The van der Waals surface area contributed by atoms with Crippen molar-refractivity contribution in [2.45, 2.75) is 18.9 Å². The van der Waals surface area contributed by atoms with Crippen LogP contribution in [0.15, 0.2) is 66.0 Å². The predicted octanol–water partition coefficient (Wildman–Crippen LogP) is 4.09. The number of nitriles is 1. The third-order valence-corrected chi connectivity index (χ3v) is 6.02. The highest BCUT2D eigenvalue weighted by atomic mass is 35.5. The summed E-state index contributed by atoms with van der Waals surface area (Å²) in [6.45, 7) is 0.292. The zero-order valence-corrected chi connectivity index (χ0v) is 20.0. The van der Waals surface area contributed by atoms with Crippen LogP contribution in [-0.4, -0.2) is 40.6 Å². The summed E-state index contributed by atoms with van der Waals surface area (Å²) in [6.07, 6.45) is 7.30. The van der Waals surface area contributed by atoms with Gasteiger partial charge in [0.25, 0.3) is 5.56 Å². The Bertz CT molecular complexity index is 1480. The summed E-state index contributed by atoms with van der Waals surface area (Å²) in [4.78, 5) is 30.9. The molecule has 178 valence electrons. The second-order valence-electron chi connectivity index (χ2n) is 7.97. The number of carbonyl (C=O) groups excluding carboxylic acids is 1. The number of ether oxygens (including phenoxy) is 2. The van der Waals surface area contributed by atoms with Gasteiger partial charge in [-0.3, -0.25) is 9.59 Å². The molecular weight excluding hydrogens is 468 g/mol. The molecule has 0 saturated heterocycles. The van der Waals surface area contributed by atoms with E-state index in [1.165, 1.54) is 23.9 Å². The van der Waals surface area contributed by atoms with Crippen LogP contribution in [0.4, 0.5) is 0 Å². The summed E-state index contributed by atoms with van der Waals surface area (Å²) in [5.74, 6) is 0.206. The first-order valence-corrected chi connectivity index (χ1v) is 11.3. The van der Waals surface area contributed by atoms with Gasteiger partial charge in [-0.2, -0.15) is 5.26 Å². The van der Waals surface area contributed by atoms with Gasteiger partial charge in [0.2, 0.25) is 0 Å². The number of carbonyl (C=O) groups is 1. The van der Waals surface area contributed by atoms with Crippen LogP contribution in [0.3, 0.4) is 0 Å². The SMILES string of the molecule is COCCC(C(=O)Cc1ccc2nccn2c1)n1cc(OC)c(-c2cc(Cl)ccc2C#N)cc1=O. The van der Waals surface area contributed by atoms with Crippen molar-refractivity contribution >= 4 is 23.0 Å². The highest BCUT2D eigenvalue weighted by Gasteiger charge is 2.24. The molecule has 0 fully saturated rings. The minimum Gasteiger partial charge on any atom is -0.495 e. The first-order chi connectivity index (χ1) is 16.9. The van der Waals surface area contributed by atoms with Crippen LogP contribution in [0.25, 0.3) is 16.8 Å². The maximum atomic E-state index is 13.4. The van der Waals surface area contributed by atoms with Crippen molar-refractivity contribution in [2.75, 3.05) is 20.8 Å². The van der Waals surface area contributed by atoms with E-state index in [0.29, 0.717) is 40.5 Å². The zero-order chi connectivity index (χ0) is 24.9. The molecule has 1 atom stereocenters. The van der Waals surface area contributed by atoms with Crippen molar-refractivity contribution in [1.82, 2.24) is 14.0 Å². The normalized spacial score (nSPS) is 11.8. The molecule has 1 unspecified atom stereocenters. The smallest absolute Gasteiger partial charge is 0.252 e. The number of imidazole rings is 1. The summed E-state index contributed by atoms with van der Waals surface area (Å²) in [6, 6.07) is 11.2. The van der Waals surface area contributed by atoms with Crippen molar-refractivity contribution in [3.05, 3.63) is 87.7 Å². The Morgan fingerprint density at radius 3 is 2.74 bits per heavy atom. The fourth-order valence-corrected chi connectivity index (χ4v) is 4.23. The average Bonchev–Trinajstić information content (AvgIpc) is 3.32. The summed E-state index contributed by atoms with van der Waals surface area (Å²) in [5.41, 5.74) is 2.45. The molecule has 0 aliphatic heterocycles. The first-order valence-electron chi connectivity index (χ1n) is 10.9. The fourth-order valence-electron chi connectivity index (χ4n) is 4.06. The van der Waals surface area contributed by atoms with E-state index < -0.39 is 11.6 Å². The molecule has 3 heterocycles. The number of pyridine rings is 2. The van der Waals surface area contributed by atoms with Gasteiger partial charge in [-0.15, -0.1) is 0 Å². The van der Waals surface area contributed by atoms with Gasteiger partial charge in [0, 0.05) is 60.9 Å². The lowest BCUT2D eigenvalue weighted by molar-refractivity contribution is -0.122. The Kier molecular flexibility index (Phi) is 7.30. The van der Waals surface area contributed by atoms with E-state index in [-0.39, 0.29) is 12.2 Å². The lowest BCUT2D eigenvalue weighted by Crippen LogP contribution is -2.31. The molecule has 0 aliphatic carbocycles. The average molecular weight is 491 g/mol. The maximum Gasteiger partial charge on any atom is 0.252 e. The number of benzene rings is 1. The van der Waals surface area contributed by atoms with Gasteiger partial charge >= 0.3 is 0 Å². The molecule has 0 bridgehead atoms. The van der Waals surface area contributed by atoms with E-state index in [1.807, 2.05) is 28.9 Å². The van der Waals surface area contributed by atoms with E-state index >= 15 is 0 Å². The molecule has 1 aromatic carbocycles. The Labute approximate surface area is 206 Å². The standard InChI is InChI=1S/C26H23ClN4O4/c1-34-10-7-22(23(32)11-17-3-6-25-29-8-9-30(25)15-17)31-16-24(35-2)21(13-26(31)33)20-12-19(27)5-4-18(20)14-28/h3-6,8-9,12-13,15-16,22H,7,10-11H2,1-2H3. The molecule has 0 radical (unpaired) electrons. The van der Waals surface area contributed by atoms with Gasteiger partial charge in [-0.25, -0.2) is 4.98 Å². The molecule has 0 saturated carbocycles. The van der Waals surface area contributed by atoms with Gasteiger partial charge < -0.3 is 18.4 Å². The minimum absolute atomic E-state index is 0.131. The summed E-state index contributed by atoms with van der Waals surface area (Å²) >= 11 is 6.15. The predicted molar refractivity (Wildman–Crippen MR) is 132 cm³/mol. The zero-order valence-electron chi connectivity index (χ0n) is 19.3. The summed E-state index contributed by atoms with van der Waals surface area (Å²) in [7, 11) is 3.01. The van der Waals surface area contributed by atoms with Crippen molar-refractivity contribution in [1.29, 1.82) is 5.26 Å². The fraction of sp³-hybridized carbons (Fsp3) is 0.231. The van der Waals surface area contributed by atoms with E-state index in [0.717, 1.165) is 11.2 Å². The maximum absolute atomic E-state index is 13.4. The minimum atomic E-state index is -0.765. The largest absolute Gasteiger partial charge is 0.495 e. The highest BCUT2D eigenvalue weighted by molar-refractivity contribution is 6.31. The van der Waals surface area contributed by atoms with E-state index in [9.17, 15) is 14.9 Å². The van der Waals surface area contributed by atoms with E-state index in [4.69, 9.17) is 21.1 Å². The molecule has 0 spiro atoms. The number of methoxy groups -OCH3 is 2. The number of halogens is 1.